The number of fused-ring (bicyclic) bond motifs is 1. The first kappa shape index (κ1) is 29.4. The Morgan fingerprint density at radius 2 is 2.05 bits per heavy atom. The number of aliphatic hydroxyl groups is 1. The summed E-state index contributed by atoms with van der Waals surface area (Å²) in [4.78, 5) is 13.1. The lowest BCUT2D eigenvalue weighted by Gasteiger charge is -2.44. The normalized spacial score (nSPS) is 21.9. The Balaban J connectivity index is 1.63. The van der Waals surface area contributed by atoms with Gasteiger partial charge in [-0.15, -0.1) is 6.58 Å². The van der Waals surface area contributed by atoms with Crippen molar-refractivity contribution in [3.05, 3.63) is 96.2 Å². The van der Waals surface area contributed by atoms with Crippen molar-refractivity contribution >= 4 is 5.97 Å². The van der Waals surface area contributed by atoms with Crippen molar-refractivity contribution in [1.82, 2.24) is 15.5 Å². The number of rotatable bonds is 15. The molecule has 206 valence electrons. The van der Waals surface area contributed by atoms with E-state index in [0.29, 0.717) is 18.8 Å². The van der Waals surface area contributed by atoms with Gasteiger partial charge >= 0.3 is 5.97 Å². The van der Waals surface area contributed by atoms with Gasteiger partial charge in [-0.2, -0.15) is 0 Å². The summed E-state index contributed by atoms with van der Waals surface area (Å²) < 4.78 is 5.32. The Morgan fingerprint density at radius 1 is 1.26 bits per heavy atom. The quantitative estimate of drug-likeness (QED) is 0.138. The third-order valence-electron chi connectivity index (χ3n) is 7.14. The van der Waals surface area contributed by atoms with Gasteiger partial charge in [0.05, 0.1) is 23.2 Å². The molecule has 0 aromatic heterocycles. The number of carboxylic acids is 1. The fourth-order valence-corrected chi connectivity index (χ4v) is 4.86. The Kier molecular flexibility index (Phi) is 11.4. The highest BCUT2D eigenvalue weighted by atomic mass is 16.5. The average molecular weight is 522 g/mol. The first-order valence-corrected chi connectivity index (χ1v) is 13.5. The molecular weight excluding hydrogens is 478 g/mol. The van der Waals surface area contributed by atoms with Gasteiger partial charge in [0.2, 0.25) is 0 Å². The molecule has 38 heavy (non-hydrogen) atoms. The minimum Gasteiger partial charge on any atom is -0.481 e. The standard InChI is InChI=1S/C31H43N3O4/c1-5-7-8-12-22(3)30-27(15-9-10-16-29(35)36)32-28-19-24(17-18-26(28)33-30)31(37)34-20-23(21-34)13-11-14-25(6-2)38-4/h5-8,11-13,18-19,23-25,31-33,37H,2-3,9-10,14-17,20-21H2,1,4H3,(H,35,36)/b7-5-,12-8-,13-11+. The summed E-state index contributed by atoms with van der Waals surface area (Å²) in [7, 11) is 1.69. The van der Waals surface area contributed by atoms with E-state index in [0.717, 1.165) is 60.7 Å². The highest BCUT2D eigenvalue weighted by Gasteiger charge is 2.35. The van der Waals surface area contributed by atoms with Gasteiger partial charge in [-0.05, 0) is 44.6 Å². The maximum atomic E-state index is 11.1. The smallest absolute Gasteiger partial charge is 0.303 e. The molecule has 0 aromatic carbocycles. The highest BCUT2D eigenvalue weighted by molar-refractivity contribution is 5.66. The van der Waals surface area contributed by atoms with Crippen LogP contribution in [0.3, 0.4) is 0 Å². The van der Waals surface area contributed by atoms with Crippen LogP contribution in [0.15, 0.2) is 96.2 Å². The second-order valence-corrected chi connectivity index (χ2v) is 10.0. The van der Waals surface area contributed by atoms with E-state index in [9.17, 15) is 9.90 Å². The van der Waals surface area contributed by atoms with Crippen LogP contribution in [0.4, 0.5) is 0 Å². The van der Waals surface area contributed by atoms with Gasteiger partial charge in [-0.25, -0.2) is 0 Å². The van der Waals surface area contributed by atoms with Crippen LogP contribution in [0.5, 0.6) is 0 Å². The van der Waals surface area contributed by atoms with Crippen molar-refractivity contribution in [2.45, 2.75) is 57.8 Å². The van der Waals surface area contributed by atoms with E-state index in [4.69, 9.17) is 9.84 Å². The number of nitrogens with one attached hydrogen (secondary N) is 2. The highest BCUT2D eigenvalue weighted by Crippen LogP contribution is 2.33. The Labute approximate surface area is 227 Å². The number of methoxy groups -OCH3 is 1. The lowest BCUT2D eigenvalue weighted by Crippen LogP contribution is -2.54. The Hall–Kier alpha value is -3.13. The molecule has 0 spiro atoms. The molecule has 0 amide bonds. The number of ether oxygens (including phenoxy) is 1. The molecule has 0 radical (unpaired) electrons. The number of nitrogens with zero attached hydrogens (tertiary/aromatic N) is 1. The number of aliphatic hydroxyl groups excluding tert-OH is 1. The van der Waals surface area contributed by atoms with Crippen LogP contribution in [0.2, 0.25) is 0 Å². The van der Waals surface area contributed by atoms with Crippen LogP contribution >= 0.6 is 0 Å². The number of hydrogen-bond acceptors (Lipinski definition) is 6. The zero-order chi connectivity index (χ0) is 27.5. The predicted molar refractivity (Wildman–Crippen MR) is 153 cm³/mol. The van der Waals surface area contributed by atoms with Gasteiger partial charge in [0.25, 0.3) is 0 Å². The van der Waals surface area contributed by atoms with Crippen molar-refractivity contribution in [1.29, 1.82) is 0 Å². The number of allylic oxidation sites excluding steroid dienone is 6. The summed E-state index contributed by atoms with van der Waals surface area (Å²) in [5, 5.41) is 27.2. The molecule has 1 aliphatic carbocycles. The van der Waals surface area contributed by atoms with Crippen LogP contribution in [0.1, 0.15) is 45.4 Å². The maximum absolute atomic E-state index is 11.1. The topological polar surface area (TPSA) is 94.1 Å². The van der Waals surface area contributed by atoms with Gasteiger partial charge in [-0.3, -0.25) is 9.69 Å². The lowest BCUT2D eigenvalue weighted by molar-refractivity contribution is -0.137. The van der Waals surface area contributed by atoms with Crippen molar-refractivity contribution in [2.75, 3.05) is 20.2 Å². The molecule has 1 saturated heterocycles. The molecule has 7 nitrogen and oxygen atoms in total. The monoisotopic (exact) mass is 521 g/mol. The summed E-state index contributed by atoms with van der Waals surface area (Å²) in [5.41, 5.74) is 4.71. The molecule has 1 fully saturated rings. The fourth-order valence-electron chi connectivity index (χ4n) is 4.86. The van der Waals surface area contributed by atoms with Gasteiger partial charge in [-0.1, -0.05) is 61.3 Å². The van der Waals surface area contributed by atoms with E-state index in [2.05, 4.69) is 53.0 Å². The second-order valence-electron chi connectivity index (χ2n) is 10.0. The summed E-state index contributed by atoms with van der Waals surface area (Å²) in [6.07, 6.45) is 21.5. The van der Waals surface area contributed by atoms with Crippen molar-refractivity contribution in [3.63, 3.8) is 0 Å². The van der Waals surface area contributed by atoms with Crippen LogP contribution < -0.4 is 10.6 Å². The lowest BCUT2D eigenvalue weighted by atomic mass is 9.89. The molecule has 2 aliphatic heterocycles. The van der Waals surface area contributed by atoms with Crippen molar-refractivity contribution < 1.29 is 19.7 Å². The molecule has 3 rings (SSSR count). The molecule has 0 saturated carbocycles. The van der Waals surface area contributed by atoms with Gasteiger partial charge in [0.1, 0.15) is 6.23 Å². The summed E-state index contributed by atoms with van der Waals surface area (Å²) in [6, 6.07) is 0. The van der Waals surface area contributed by atoms with Crippen molar-refractivity contribution in [3.8, 4) is 0 Å². The van der Waals surface area contributed by atoms with Crippen LogP contribution in [-0.2, 0) is 9.53 Å². The molecule has 0 bridgehead atoms. The fraction of sp³-hybridized carbons (Fsp3) is 0.452. The zero-order valence-corrected chi connectivity index (χ0v) is 22.7. The number of aliphatic carboxylic acids is 1. The van der Waals surface area contributed by atoms with E-state index < -0.39 is 12.2 Å². The Morgan fingerprint density at radius 3 is 2.74 bits per heavy atom. The zero-order valence-electron chi connectivity index (χ0n) is 22.7. The van der Waals surface area contributed by atoms with E-state index in [-0.39, 0.29) is 18.4 Å². The second kappa shape index (κ2) is 14.7. The first-order chi connectivity index (χ1) is 18.4. The van der Waals surface area contributed by atoms with Gasteiger partial charge in [0, 0.05) is 44.2 Å². The largest absolute Gasteiger partial charge is 0.481 e. The first-order valence-electron chi connectivity index (χ1n) is 13.5. The minimum atomic E-state index is -0.774. The molecular formula is C31H43N3O4. The maximum Gasteiger partial charge on any atom is 0.303 e. The van der Waals surface area contributed by atoms with E-state index in [1.165, 1.54) is 0 Å². The van der Waals surface area contributed by atoms with E-state index >= 15 is 0 Å². The van der Waals surface area contributed by atoms with Gasteiger partial charge in [0.15, 0.2) is 0 Å². The number of unbranched alkanes of at least 4 members (excludes halogenated alkanes) is 1. The SMILES string of the molecule is C=CC(C/C=C/C1CN(C(O)C2C=C3NC(CCCCC(=O)O)=C(C(=C)/C=C\C=C/C)NC3=CC2)C1)OC. The number of hydrogen-bond donors (Lipinski definition) is 4. The molecule has 3 atom stereocenters. The van der Waals surface area contributed by atoms with Crippen LogP contribution in [0, 0.1) is 11.8 Å². The molecule has 7 heteroatoms. The van der Waals surface area contributed by atoms with Crippen molar-refractivity contribution in [2.24, 2.45) is 11.8 Å². The molecule has 2 heterocycles. The summed E-state index contributed by atoms with van der Waals surface area (Å²) in [6.45, 7) is 11.7. The predicted octanol–water partition coefficient (Wildman–Crippen LogP) is 4.91. The number of carboxylic acid groups (broad SMARTS) is 1. The average Bonchev–Trinajstić information content (AvgIpc) is 2.89. The number of carbonyl (C=O) groups is 1. The number of likely N-dealkylation sites (tertiary alicyclic amines) is 1. The minimum absolute atomic E-state index is 0.0146. The molecule has 4 N–H and O–H groups in total. The third-order valence-corrected chi connectivity index (χ3v) is 7.14. The van der Waals surface area contributed by atoms with Gasteiger partial charge < -0.3 is 25.6 Å². The van der Waals surface area contributed by atoms with E-state index in [1.54, 1.807) is 7.11 Å². The van der Waals surface area contributed by atoms with Crippen LogP contribution in [-0.4, -0.2) is 53.6 Å². The van der Waals surface area contributed by atoms with Crippen LogP contribution in [0.25, 0.3) is 0 Å². The molecule has 0 aromatic rings. The summed E-state index contributed by atoms with van der Waals surface area (Å²) in [5.74, 6) is -0.350. The Bertz CT molecular complexity index is 1040. The van der Waals surface area contributed by atoms with E-state index in [1.807, 2.05) is 37.3 Å². The molecule has 3 unspecified atom stereocenters. The third kappa shape index (κ3) is 8.18. The molecule has 3 aliphatic rings. The summed E-state index contributed by atoms with van der Waals surface area (Å²) >= 11 is 0.